The lowest BCUT2D eigenvalue weighted by molar-refractivity contribution is 0.0529. The zero-order valence-electron chi connectivity index (χ0n) is 15.8. The van der Waals surface area contributed by atoms with E-state index in [1.165, 1.54) is 0 Å². The first-order valence-electron chi connectivity index (χ1n) is 9.14. The number of guanidine groups is 1. The van der Waals surface area contributed by atoms with Crippen LogP contribution in [0.2, 0.25) is 5.02 Å². The number of benzene rings is 1. The highest BCUT2D eigenvalue weighted by atomic mass is 35.5. The van der Waals surface area contributed by atoms with Gasteiger partial charge in [-0.05, 0) is 42.3 Å². The SMILES string of the molecule is CN=C(NCc1cccc(Cl)c1)NCc1ccnc(N2CCOC(C)C2)c1. The maximum absolute atomic E-state index is 6.03. The lowest BCUT2D eigenvalue weighted by Crippen LogP contribution is -2.41. The number of rotatable bonds is 5. The molecule has 1 saturated heterocycles. The molecule has 144 valence electrons. The number of anilines is 1. The van der Waals surface area contributed by atoms with Crippen molar-refractivity contribution < 1.29 is 4.74 Å². The number of hydrogen-bond acceptors (Lipinski definition) is 4. The average Bonchev–Trinajstić information content (AvgIpc) is 2.68. The summed E-state index contributed by atoms with van der Waals surface area (Å²) < 4.78 is 5.61. The quantitative estimate of drug-likeness (QED) is 0.610. The fourth-order valence-corrected chi connectivity index (χ4v) is 3.22. The molecular formula is C20H26ClN5O. The Labute approximate surface area is 165 Å². The van der Waals surface area contributed by atoms with Gasteiger partial charge in [0.2, 0.25) is 0 Å². The van der Waals surface area contributed by atoms with E-state index in [0.29, 0.717) is 13.1 Å². The Hall–Kier alpha value is -2.31. The molecule has 3 rings (SSSR count). The predicted molar refractivity (Wildman–Crippen MR) is 110 cm³/mol. The van der Waals surface area contributed by atoms with Crippen LogP contribution in [0.5, 0.6) is 0 Å². The summed E-state index contributed by atoms with van der Waals surface area (Å²) in [6.07, 6.45) is 2.09. The molecule has 1 fully saturated rings. The molecule has 1 aliphatic heterocycles. The van der Waals surface area contributed by atoms with Gasteiger partial charge in [0, 0.05) is 44.4 Å². The van der Waals surface area contributed by atoms with Crippen molar-refractivity contribution in [1.29, 1.82) is 0 Å². The molecule has 0 aliphatic carbocycles. The number of pyridine rings is 1. The maximum atomic E-state index is 6.03. The number of ether oxygens (including phenoxy) is 1. The van der Waals surface area contributed by atoms with Gasteiger partial charge in [0.05, 0.1) is 12.7 Å². The van der Waals surface area contributed by atoms with Gasteiger partial charge in [-0.1, -0.05) is 23.7 Å². The number of halogens is 1. The third-order valence-electron chi connectivity index (χ3n) is 4.41. The Morgan fingerprint density at radius 1 is 1.26 bits per heavy atom. The summed E-state index contributed by atoms with van der Waals surface area (Å²) in [7, 11) is 1.76. The number of aromatic nitrogens is 1. The largest absolute Gasteiger partial charge is 0.375 e. The average molecular weight is 388 g/mol. The summed E-state index contributed by atoms with van der Waals surface area (Å²) in [5.74, 6) is 1.74. The fourth-order valence-electron chi connectivity index (χ4n) is 3.01. The highest BCUT2D eigenvalue weighted by molar-refractivity contribution is 6.30. The van der Waals surface area contributed by atoms with Crippen molar-refractivity contribution in [3.63, 3.8) is 0 Å². The van der Waals surface area contributed by atoms with Gasteiger partial charge in [-0.15, -0.1) is 0 Å². The highest BCUT2D eigenvalue weighted by Gasteiger charge is 2.18. The summed E-state index contributed by atoms with van der Waals surface area (Å²) in [6.45, 7) is 5.90. The summed E-state index contributed by atoms with van der Waals surface area (Å²) in [6, 6.07) is 11.9. The molecule has 0 saturated carbocycles. The third kappa shape index (κ3) is 5.84. The Morgan fingerprint density at radius 2 is 2.04 bits per heavy atom. The summed E-state index contributed by atoms with van der Waals surface area (Å²) in [5.41, 5.74) is 2.27. The van der Waals surface area contributed by atoms with E-state index in [2.05, 4.69) is 38.5 Å². The van der Waals surface area contributed by atoms with E-state index >= 15 is 0 Å². The predicted octanol–water partition coefficient (Wildman–Crippen LogP) is 2.83. The molecule has 0 amide bonds. The number of morpholine rings is 1. The second kappa shape index (κ2) is 9.58. The van der Waals surface area contributed by atoms with E-state index in [9.17, 15) is 0 Å². The second-order valence-corrected chi connectivity index (χ2v) is 7.00. The zero-order valence-corrected chi connectivity index (χ0v) is 16.5. The van der Waals surface area contributed by atoms with Crippen molar-refractivity contribution in [2.75, 3.05) is 31.6 Å². The minimum atomic E-state index is 0.233. The number of nitrogens with zero attached hydrogens (tertiary/aromatic N) is 3. The molecule has 0 radical (unpaired) electrons. The molecule has 2 aromatic rings. The van der Waals surface area contributed by atoms with Crippen LogP contribution in [0.15, 0.2) is 47.6 Å². The first-order valence-corrected chi connectivity index (χ1v) is 9.52. The van der Waals surface area contributed by atoms with E-state index in [1.807, 2.05) is 36.5 Å². The molecule has 1 atom stereocenters. The smallest absolute Gasteiger partial charge is 0.191 e. The Balaban J connectivity index is 1.54. The monoisotopic (exact) mass is 387 g/mol. The van der Waals surface area contributed by atoms with Crippen molar-refractivity contribution in [1.82, 2.24) is 15.6 Å². The standard InChI is InChI=1S/C20H26ClN5O/c1-15-14-26(8-9-27-15)19-11-17(6-7-23-19)13-25-20(22-2)24-12-16-4-3-5-18(21)10-16/h3-7,10-11,15H,8-9,12-14H2,1-2H3,(H2,22,24,25). The minimum absolute atomic E-state index is 0.233. The maximum Gasteiger partial charge on any atom is 0.191 e. The normalized spacial score (nSPS) is 17.7. The van der Waals surface area contributed by atoms with Gasteiger partial charge < -0.3 is 20.3 Å². The van der Waals surface area contributed by atoms with Gasteiger partial charge in [-0.3, -0.25) is 4.99 Å². The Morgan fingerprint density at radius 3 is 2.74 bits per heavy atom. The van der Waals surface area contributed by atoms with Crippen LogP contribution < -0.4 is 15.5 Å². The van der Waals surface area contributed by atoms with Gasteiger partial charge >= 0.3 is 0 Å². The fraction of sp³-hybridized carbons (Fsp3) is 0.400. The van der Waals surface area contributed by atoms with Crippen LogP contribution in [0, 0.1) is 0 Å². The summed E-state index contributed by atoms with van der Waals surface area (Å²) >= 11 is 6.03. The molecule has 27 heavy (non-hydrogen) atoms. The molecule has 0 spiro atoms. The first-order chi connectivity index (χ1) is 13.1. The van der Waals surface area contributed by atoms with Crippen LogP contribution in [0.25, 0.3) is 0 Å². The highest BCUT2D eigenvalue weighted by Crippen LogP contribution is 2.16. The number of hydrogen-bond donors (Lipinski definition) is 2. The van der Waals surface area contributed by atoms with Crippen molar-refractivity contribution in [3.8, 4) is 0 Å². The molecule has 7 heteroatoms. The van der Waals surface area contributed by atoms with Crippen LogP contribution in [0.1, 0.15) is 18.1 Å². The molecule has 6 nitrogen and oxygen atoms in total. The van der Waals surface area contributed by atoms with E-state index in [1.54, 1.807) is 7.05 Å². The van der Waals surface area contributed by atoms with E-state index in [-0.39, 0.29) is 6.10 Å². The topological polar surface area (TPSA) is 61.8 Å². The summed E-state index contributed by atoms with van der Waals surface area (Å²) in [4.78, 5) is 11.1. The van der Waals surface area contributed by atoms with Gasteiger partial charge in [0.25, 0.3) is 0 Å². The van der Waals surface area contributed by atoms with Crippen LogP contribution in [-0.2, 0) is 17.8 Å². The van der Waals surface area contributed by atoms with Crippen LogP contribution in [0.4, 0.5) is 5.82 Å². The third-order valence-corrected chi connectivity index (χ3v) is 4.64. The number of nitrogens with one attached hydrogen (secondary N) is 2. The van der Waals surface area contributed by atoms with Crippen molar-refractivity contribution >= 4 is 23.4 Å². The Bertz CT molecular complexity index is 782. The first kappa shape index (κ1) is 19.5. The molecule has 0 bridgehead atoms. The lowest BCUT2D eigenvalue weighted by atomic mass is 10.2. The van der Waals surface area contributed by atoms with Crippen LogP contribution >= 0.6 is 11.6 Å². The van der Waals surface area contributed by atoms with Crippen molar-refractivity contribution in [2.24, 2.45) is 4.99 Å². The van der Waals surface area contributed by atoms with Gasteiger partial charge in [0.1, 0.15) is 5.82 Å². The molecule has 1 aromatic heterocycles. The van der Waals surface area contributed by atoms with E-state index in [4.69, 9.17) is 16.3 Å². The zero-order chi connectivity index (χ0) is 19.1. The molecule has 2 N–H and O–H groups in total. The van der Waals surface area contributed by atoms with E-state index in [0.717, 1.165) is 47.6 Å². The molecule has 1 unspecified atom stereocenters. The molecule has 1 aromatic carbocycles. The van der Waals surface area contributed by atoms with Crippen molar-refractivity contribution in [2.45, 2.75) is 26.1 Å². The number of aliphatic imine (C=N–C) groups is 1. The Kier molecular flexibility index (Phi) is 6.90. The van der Waals surface area contributed by atoms with Gasteiger partial charge in [0.15, 0.2) is 5.96 Å². The molecule has 1 aliphatic rings. The minimum Gasteiger partial charge on any atom is -0.375 e. The van der Waals surface area contributed by atoms with E-state index < -0.39 is 0 Å². The second-order valence-electron chi connectivity index (χ2n) is 6.56. The van der Waals surface area contributed by atoms with Gasteiger partial charge in [-0.25, -0.2) is 4.98 Å². The molecular weight excluding hydrogens is 362 g/mol. The van der Waals surface area contributed by atoms with Crippen molar-refractivity contribution in [3.05, 3.63) is 58.7 Å². The summed E-state index contributed by atoms with van der Waals surface area (Å²) in [5, 5.41) is 7.38. The molecule has 2 heterocycles. The van der Waals surface area contributed by atoms with Crippen LogP contribution in [-0.4, -0.2) is 43.8 Å². The van der Waals surface area contributed by atoms with Crippen LogP contribution in [0.3, 0.4) is 0 Å². The lowest BCUT2D eigenvalue weighted by Gasteiger charge is -2.32. The van der Waals surface area contributed by atoms with Gasteiger partial charge in [-0.2, -0.15) is 0 Å².